The number of carbonyl (C=O) groups excluding carboxylic acids is 1. The maximum Gasteiger partial charge on any atom is 0.314 e. The normalized spacial score (nSPS) is 19.3. The van der Waals surface area contributed by atoms with E-state index in [1.165, 1.54) is 0 Å². The molecule has 1 fully saturated rings. The molecule has 0 radical (unpaired) electrons. The molecule has 2 heterocycles. The lowest BCUT2D eigenvalue weighted by molar-refractivity contribution is 0.114. The maximum absolute atomic E-state index is 11.2. The number of nitrogens with one attached hydrogen (secondary N) is 1. The zero-order valence-corrected chi connectivity index (χ0v) is 16.9. The first kappa shape index (κ1) is 20.1. The van der Waals surface area contributed by atoms with E-state index in [2.05, 4.69) is 17.3 Å². The summed E-state index contributed by atoms with van der Waals surface area (Å²) in [6.45, 7) is 3.32. The fourth-order valence-corrected chi connectivity index (χ4v) is 3.57. The van der Waals surface area contributed by atoms with Crippen LogP contribution in [0.3, 0.4) is 0 Å². The third-order valence-electron chi connectivity index (χ3n) is 4.80. The highest BCUT2D eigenvalue weighted by Crippen LogP contribution is 2.32. The quantitative estimate of drug-likeness (QED) is 0.789. The number of likely N-dealkylation sites (tertiary alicyclic amines) is 1. The van der Waals surface area contributed by atoms with Crippen molar-refractivity contribution in [2.24, 2.45) is 10.8 Å². The van der Waals surface area contributed by atoms with Crippen molar-refractivity contribution in [3.63, 3.8) is 0 Å². The van der Waals surface area contributed by atoms with Gasteiger partial charge in [0.15, 0.2) is 0 Å². The van der Waals surface area contributed by atoms with Gasteiger partial charge in [-0.2, -0.15) is 5.10 Å². The Morgan fingerprint density at radius 1 is 1.36 bits per heavy atom. The molecule has 150 valence electrons. The third kappa shape index (κ3) is 4.42. The van der Waals surface area contributed by atoms with Crippen LogP contribution in [0, 0.1) is 0 Å². The van der Waals surface area contributed by atoms with Gasteiger partial charge in [0.25, 0.3) is 0 Å². The lowest BCUT2D eigenvalue weighted by atomic mass is 10.1. The predicted octanol–water partition coefficient (Wildman–Crippen LogP) is 3.38. The van der Waals surface area contributed by atoms with Gasteiger partial charge >= 0.3 is 6.03 Å². The fourth-order valence-electron chi connectivity index (χ4n) is 3.27. The largest absolute Gasteiger partial charge is 0.490 e. The van der Waals surface area contributed by atoms with Crippen molar-refractivity contribution in [1.29, 1.82) is 0 Å². The maximum atomic E-state index is 11.2. The van der Waals surface area contributed by atoms with Crippen LogP contribution in [0.2, 0.25) is 0 Å². The molecule has 28 heavy (non-hydrogen) atoms. The molecule has 0 spiro atoms. The lowest BCUT2D eigenvalue weighted by Crippen LogP contribution is -2.44. The smallest absolute Gasteiger partial charge is 0.314 e. The minimum atomic E-state index is -0.366. The second-order valence-corrected chi connectivity index (χ2v) is 7.05. The molecule has 2 aliphatic heterocycles. The Morgan fingerprint density at radius 2 is 2.04 bits per heavy atom. The molecule has 0 saturated carbocycles. The highest BCUT2D eigenvalue weighted by atomic mass is 35.5. The van der Waals surface area contributed by atoms with Gasteiger partial charge in [-0.25, -0.2) is 9.80 Å². The number of piperidine rings is 1. The summed E-state index contributed by atoms with van der Waals surface area (Å²) in [4.78, 5) is 12.9. The van der Waals surface area contributed by atoms with E-state index in [4.69, 9.17) is 22.1 Å². The summed E-state index contributed by atoms with van der Waals surface area (Å²) >= 11 is 6.52. The van der Waals surface area contributed by atoms with E-state index in [1.807, 2.05) is 42.4 Å². The van der Waals surface area contributed by atoms with Gasteiger partial charge in [0, 0.05) is 33.0 Å². The Morgan fingerprint density at radius 3 is 2.61 bits per heavy atom. The van der Waals surface area contributed by atoms with Gasteiger partial charge < -0.3 is 20.7 Å². The van der Waals surface area contributed by atoms with E-state index in [1.54, 1.807) is 11.1 Å². The third-order valence-corrected chi connectivity index (χ3v) is 5.19. The Kier molecular flexibility index (Phi) is 6.46. The van der Waals surface area contributed by atoms with Crippen LogP contribution < -0.4 is 20.8 Å². The molecular weight excluding hydrogens is 378 g/mol. The summed E-state index contributed by atoms with van der Waals surface area (Å²) in [7, 11) is 1.82. The molecule has 3 N–H and O–H groups in total. The number of hydrogen-bond acceptors (Lipinski definition) is 5. The number of halogens is 1. The molecule has 8 heteroatoms. The van der Waals surface area contributed by atoms with E-state index in [-0.39, 0.29) is 12.1 Å². The van der Waals surface area contributed by atoms with Crippen molar-refractivity contribution < 1.29 is 9.53 Å². The van der Waals surface area contributed by atoms with Crippen molar-refractivity contribution in [2.75, 3.05) is 25.1 Å². The highest BCUT2D eigenvalue weighted by Gasteiger charge is 2.23. The second-order valence-electron chi connectivity index (χ2n) is 6.67. The molecule has 0 bridgehead atoms. The minimum absolute atomic E-state index is 0.0839. The first-order valence-corrected chi connectivity index (χ1v) is 9.84. The molecule has 2 amide bonds. The summed E-state index contributed by atoms with van der Waals surface area (Å²) in [5.74, 6) is 0.792. The van der Waals surface area contributed by atoms with Gasteiger partial charge in [-0.3, -0.25) is 0 Å². The number of anilines is 1. The van der Waals surface area contributed by atoms with Crippen molar-refractivity contribution in [2.45, 2.75) is 32.3 Å². The average molecular weight is 404 g/mol. The number of nitrogens with zero attached hydrogens (tertiary/aromatic N) is 3. The molecule has 0 aliphatic carbocycles. The van der Waals surface area contributed by atoms with Crippen LogP contribution in [-0.2, 0) is 0 Å². The van der Waals surface area contributed by atoms with Gasteiger partial charge in [-0.05, 0) is 30.7 Å². The number of rotatable bonds is 5. The number of ether oxygens (including phenoxy) is 1. The van der Waals surface area contributed by atoms with Crippen molar-refractivity contribution in [3.8, 4) is 5.75 Å². The topological polar surface area (TPSA) is 83.2 Å². The van der Waals surface area contributed by atoms with Gasteiger partial charge in [0.1, 0.15) is 11.9 Å². The number of hydrogen-bond donors (Lipinski definition) is 2. The van der Waals surface area contributed by atoms with E-state index in [0.717, 1.165) is 42.1 Å². The summed E-state index contributed by atoms with van der Waals surface area (Å²) in [6, 6.07) is 7.42. The van der Waals surface area contributed by atoms with Gasteiger partial charge in [0.2, 0.25) is 0 Å². The van der Waals surface area contributed by atoms with E-state index in [9.17, 15) is 4.79 Å². The predicted molar refractivity (Wildman–Crippen MR) is 113 cm³/mol. The van der Waals surface area contributed by atoms with E-state index in [0.29, 0.717) is 18.1 Å². The lowest BCUT2D eigenvalue weighted by Gasteiger charge is -2.31. The van der Waals surface area contributed by atoms with Crippen LogP contribution in [0.5, 0.6) is 5.75 Å². The molecule has 2 aliphatic rings. The molecular formula is C20H26ClN5O2. The van der Waals surface area contributed by atoms with Crippen molar-refractivity contribution >= 4 is 29.5 Å². The van der Waals surface area contributed by atoms with Crippen LogP contribution in [0.15, 0.2) is 51.9 Å². The van der Waals surface area contributed by atoms with Crippen molar-refractivity contribution in [3.05, 3.63) is 46.8 Å². The van der Waals surface area contributed by atoms with Gasteiger partial charge in [0.05, 0.1) is 28.3 Å². The number of nitrogens with two attached hydrogens (primary N) is 1. The zero-order valence-electron chi connectivity index (χ0n) is 16.2. The Balaban J connectivity index is 1.68. The molecule has 7 nitrogen and oxygen atoms in total. The zero-order chi connectivity index (χ0) is 20.1. The molecule has 1 saturated heterocycles. The average Bonchev–Trinajstić information content (AvgIpc) is 2.71. The Labute approximate surface area is 170 Å². The number of amides is 2. The van der Waals surface area contributed by atoms with Crippen molar-refractivity contribution in [1.82, 2.24) is 10.2 Å². The van der Waals surface area contributed by atoms with Crippen LogP contribution in [0.1, 0.15) is 26.2 Å². The van der Waals surface area contributed by atoms with Crippen LogP contribution in [0.25, 0.3) is 0 Å². The number of benzene rings is 1. The standard InChI is InChI=1S/C20H26ClN5O2/c1-3-4-18-19(21)17(23-2)13-24-26(18)14-5-7-15(8-6-14)28-16-9-11-25(12-10-16)20(22)27/h4-8,13,16,23H,3,9-12H2,1-2H3,(H2,22,27)/b18-4+. The van der Waals surface area contributed by atoms with Crippen LogP contribution in [0.4, 0.5) is 10.5 Å². The van der Waals surface area contributed by atoms with Gasteiger partial charge in [-0.15, -0.1) is 0 Å². The van der Waals surface area contributed by atoms with Crippen LogP contribution >= 0.6 is 11.6 Å². The fraction of sp³-hybridized carbons (Fsp3) is 0.400. The van der Waals surface area contributed by atoms with Gasteiger partial charge in [-0.1, -0.05) is 24.6 Å². The first-order chi connectivity index (χ1) is 13.5. The summed E-state index contributed by atoms with van der Waals surface area (Å²) in [5, 5.41) is 10.0. The monoisotopic (exact) mass is 403 g/mol. The first-order valence-electron chi connectivity index (χ1n) is 9.46. The van der Waals surface area contributed by atoms with E-state index >= 15 is 0 Å². The van der Waals surface area contributed by atoms with E-state index < -0.39 is 0 Å². The number of hydrazone groups is 1. The number of carbonyl (C=O) groups is 1. The highest BCUT2D eigenvalue weighted by molar-refractivity contribution is 6.34. The van der Waals surface area contributed by atoms with Crippen LogP contribution in [-0.4, -0.2) is 43.4 Å². The molecule has 0 unspecified atom stereocenters. The molecule has 0 atom stereocenters. The number of urea groups is 1. The SMILES string of the molecule is CC/C=C1\C(Cl)=C(NC)C=NN1c1ccc(OC2CCN(C(N)=O)CC2)cc1. The summed E-state index contributed by atoms with van der Waals surface area (Å²) in [6.07, 6.45) is 6.25. The summed E-state index contributed by atoms with van der Waals surface area (Å²) in [5.41, 5.74) is 7.87. The minimum Gasteiger partial charge on any atom is -0.490 e. The summed E-state index contributed by atoms with van der Waals surface area (Å²) < 4.78 is 6.06. The number of allylic oxidation sites excluding steroid dienone is 3. The molecule has 0 aromatic heterocycles. The number of primary amides is 1. The molecule has 1 aromatic carbocycles. The molecule has 1 aromatic rings. The Bertz CT molecular complexity index is 795. The second kappa shape index (κ2) is 9.01. The Hall–Kier alpha value is -2.67. The molecule has 3 rings (SSSR count).